The molecule has 0 aliphatic heterocycles. The van der Waals surface area contributed by atoms with E-state index >= 15 is 0 Å². The van der Waals surface area contributed by atoms with Gasteiger partial charge in [-0.15, -0.1) is 0 Å². The third-order valence-corrected chi connectivity index (χ3v) is 4.86. The van der Waals surface area contributed by atoms with Gasteiger partial charge in [0.1, 0.15) is 11.6 Å². The van der Waals surface area contributed by atoms with Crippen molar-refractivity contribution >= 4 is 22.8 Å². The maximum Gasteiger partial charge on any atom is 0.261 e. The number of phenols is 1. The molecule has 144 valence electrons. The monoisotopic (exact) mass is 398 g/mol. The average Bonchev–Trinajstić information content (AvgIpc) is 2.67. The molecule has 1 heterocycles. The van der Waals surface area contributed by atoms with Gasteiger partial charge >= 0.3 is 0 Å². The fraction of sp³-hybridized carbons (Fsp3) is 0.200. The number of rotatable bonds is 4. The minimum absolute atomic E-state index is 0.00593. The summed E-state index contributed by atoms with van der Waals surface area (Å²) in [5.74, 6) is 0.539. The number of aromatic nitrogens is 3. The summed E-state index contributed by atoms with van der Waals surface area (Å²) < 4.78 is 13.1. The number of halogens is 1. The summed E-state index contributed by atoms with van der Waals surface area (Å²) in [6.07, 6.45) is 0. The van der Waals surface area contributed by atoms with Gasteiger partial charge in [-0.05, 0) is 73.1 Å². The lowest BCUT2D eigenvalue weighted by Crippen LogP contribution is -2.16. The topological polar surface area (TPSA) is 79.2 Å². The summed E-state index contributed by atoms with van der Waals surface area (Å²) in [6, 6.07) is 9.17. The molecule has 0 unspecified atom stereocenters. The fourth-order valence-corrected chi connectivity index (χ4v) is 3.19. The largest absolute Gasteiger partial charge is 0.507 e. The molecular formula is C20H19FN4O2S. The van der Waals surface area contributed by atoms with Gasteiger partial charge in [-0.1, -0.05) is 0 Å². The van der Waals surface area contributed by atoms with Crippen LogP contribution >= 0.6 is 11.8 Å². The SMILES string of the molecule is Cc1cc(-c2nc(C(=O)Sc3ccc(F)cc3)nc(N(C)C)n2)cc(C)c1O. The van der Waals surface area contributed by atoms with E-state index in [1.165, 1.54) is 24.3 Å². The first-order valence-electron chi connectivity index (χ1n) is 8.46. The van der Waals surface area contributed by atoms with Gasteiger partial charge < -0.3 is 10.0 Å². The fourth-order valence-electron chi connectivity index (χ4n) is 2.53. The first kappa shape index (κ1) is 19.8. The molecule has 0 saturated carbocycles. The van der Waals surface area contributed by atoms with Crippen molar-refractivity contribution in [2.75, 3.05) is 19.0 Å². The predicted octanol–water partition coefficient (Wildman–Crippen LogP) is 4.00. The van der Waals surface area contributed by atoms with Crippen LogP contribution < -0.4 is 4.90 Å². The van der Waals surface area contributed by atoms with Gasteiger partial charge in [0, 0.05) is 24.6 Å². The summed E-state index contributed by atoms with van der Waals surface area (Å²) in [5, 5.41) is 9.63. The lowest BCUT2D eigenvalue weighted by atomic mass is 10.1. The van der Waals surface area contributed by atoms with Gasteiger partial charge in [-0.3, -0.25) is 4.79 Å². The van der Waals surface area contributed by atoms with E-state index in [4.69, 9.17) is 0 Å². The van der Waals surface area contributed by atoms with E-state index < -0.39 is 0 Å². The number of benzene rings is 2. The Morgan fingerprint density at radius 1 is 1.04 bits per heavy atom. The molecule has 1 aromatic heterocycles. The highest BCUT2D eigenvalue weighted by Crippen LogP contribution is 2.29. The molecule has 0 aliphatic carbocycles. The van der Waals surface area contributed by atoms with Crippen LogP contribution in [0.4, 0.5) is 10.3 Å². The number of carbonyl (C=O) groups is 1. The summed E-state index contributed by atoms with van der Waals surface area (Å²) in [4.78, 5) is 28.0. The highest BCUT2D eigenvalue weighted by atomic mass is 32.2. The first-order chi connectivity index (χ1) is 13.2. The van der Waals surface area contributed by atoms with Crippen molar-refractivity contribution < 1.29 is 14.3 Å². The van der Waals surface area contributed by atoms with E-state index in [0.29, 0.717) is 33.4 Å². The van der Waals surface area contributed by atoms with E-state index in [0.717, 1.165) is 11.8 Å². The zero-order chi connectivity index (χ0) is 20.4. The standard InChI is InChI=1S/C20H19FN4O2S/c1-11-9-13(10-12(2)16(11)26)17-22-18(24-20(23-17)25(3)4)19(27)28-15-7-5-14(21)6-8-15/h5-10,26H,1-4H3. The van der Waals surface area contributed by atoms with Gasteiger partial charge in [-0.2, -0.15) is 9.97 Å². The van der Waals surface area contributed by atoms with E-state index in [2.05, 4.69) is 15.0 Å². The van der Waals surface area contributed by atoms with Crippen molar-refractivity contribution in [3.63, 3.8) is 0 Å². The molecule has 0 radical (unpaired) electrons. The Kier molecular flexibility index (Phi) is 5.60. The number of aromatic hydroxyl groups is 1. The quantitative estimate of drug-likeness (QED) is 0.666. The third-order valence-electron chi connectivity index (χ3n) is 3.98. The number of hydrogen-bond donors (Lipinski definition) is 1. The van der Waals surface area contributed by atoms with E-state index in [1.54, 1.807) is 45.0 Å². The van der Waals surface area contributed by atoms with Crippen LogP contribution in [0.25, 0.3) is 11.4 Å². The zero-order valence-corrected chi connectivity index (χ0v) is 16.7. The highest BCUT2D eigenvalue weighted by molar-refractivity contribution is 8.14. The zero-order valence-electron chi connectivity index (χ0n) is 15.9. The number of thioether (sulfide) groups is 1. The number of anilines is 1. The van der Waals surface area contributed by atoms with E-state index in [1.807, 2.05) is 0 Å². The Morgan fingerprint density at radius 3 is 2.21 bits per heavy atom. The molecule has 3 rings (SSSR count). The van der Waals surface area contributed by atoms with Crippen LogP contribution in [0.5, 0.6) is 5.75 Å². The summed E-state index contributed by atoms with van der Waals surface area (Å²) in [7, 11) is 3.54. The minimum atomic E-state index is -0.370. The van der Waals surface area contributed by atoms with Crippen LogP contribution in [0.2, 0.25) is 0 Å². The molecule has 0 aliphatic rings. The Hall–Kier alpha value is -3.00. The summed E-state index contributed by atoms with van der Waals surface area (Å²) in [5.41, 5.74) is 2.06. The molecule has 2 aromatic carbocycles. The van der Waals surface area contributed by atoms with Crippen molar-refractivity contribution in [2.24, 2.45) is 0 Å². The molecule has 28 heavy (non-hydrogen) atoms. The third kappa shape index (κ3) is 4.28. The van der Waals surface area contributed by atoms with Crippen LogP contribution in [0.15, 0.2) is 41.3 Å². The first-order valence-corrected chi connectivity index (χ1v) is 9.28. The lowest BCUT2D eigenvalue weighted by Gasteiger charge is -2.13. The molecule has 0 bridgehead atoms. The Morgan fingerprint density at radius 2 is 1.64 bits per heavy atom. The molecule has 0 spiro atoms. The second-order valence-electron chi connectivity index (χ2n) is 6.48. The number of phenolic OH excluding ortho intramolecular Hbond substituents is 1. The number of aryl methyl sites for hydroxylation is 2. The maximum absolute atomic E-state index is 13.1. The van der Waals surface area contributed by atoms with E-state index in [-0.39, 0.29) is 22.5 Å². The van der Waals surface area contributed by atoms with E-state index in [9.17, 15) is 14.3 Å². The number of carbonyl (C=O) groups excluding carboxylic acids is 1. The molecule has 0 amide bonds. The average molecular weight is 398 g/mol. The predicted molar refractivity (Wildman–Crippen MR) is 107 cm³/mol. The van der Waals surface area contributed by atoms with Crippen LogP contribution in [0.3, 0.4) is 0 Å². The molecule has 0 fully saturated rings. The summed E-state index contributed by atoms with van der Waals surface area (Å²) >= 11 is 0.922. The van der Waals surface area contributed by atoms with Crippen molar-refractivity contribution in [1.82, 2.24) is 15.0 Å². The van der Waals surface area contributed by atoms with Crippen LogP contribution in [0.1, 0.15) is 21.7 Å². The van der Waals surface area contributed by atoms with Gasteiger partial charge in [0.25, 0.3) is 5.12 Å². The Bertz CT molecular complexity index is 1020. The minimum Gasteiger partial charge on any atom is -0.507 e. The van der Waals surface area contributed by atoms with Crippen molar-refractivity contribution in [1.29, 1.82) is 0 Å². The molecule has 3 aromatic rings. The van der Waals surface area contributed by atoms with Gasteiger partial charge in [0.05, 0.1) is 0 Å². The molecule has 0 saturated heterocycles. The van der Waals surface area contributed by atoms with Crippen LogP contribution in [0, 0.1) is 19.7 Å². The normalized spacial score (nSPS) is 10.8. The smallest absolute Gasteiger partial charge is 0.261 e. The number of nitrogens with zero attached hydrogens (tertiary/aromatic N) is 4. The van der Waals surface area contributed by atoms with Crippen molar-refractivity contribution in [2.45, 2.75) is 18.7 Å². The Balaban J connectivity index is 2.02. The highest BCUT2D eigenvalue weighted by Gasteiger charge is 2.18. The second kappa shape index (κ2) is 7.93. The van der Waals surface area contributed by atoms with Crippen LogP contribution in [-0.4, -0.2) is 39.3 Å². The molecule has 0 atom stereocenters. The maximum atomic E-state index is 13.1. The molecule has 1 N–H and O–H groups in total. The molecular weight excluding hydrogens is 379 g/mol. The Labute approximate surface area is 166 Å². The van der Waals surface area contributed by atoms with Gasteiger partial charge in [0.15, 0.2) is 5.82 Å². The summed E-state index contributed by atoms with van der Waals surface area (Å²) in [6.45, 7) is 3.58. The molecule has 6 nitrogen and oxygen atoms in total. The van der Waals surface area contributed by atoms with Crippen molar-refractivity contribution in [3.05, 3.63) is 59.2 Å². The van der Waals surface area contributed by atoms with Gasteiger partial charge in [0.2, 0.25) is 11.8 Å². The number of hydrogen-bond acceptors (Lipinski definition) is 7. The lowest BCUT2D eigenvalue weighted by molar-refractivity contribution is 0.108. The van der Waals surface area contributed by atoms with Crippen molar-refractivity contribution in [3.8, 4) is 17.1 Å². The van der Waals surface area contributed by atoms with Gasteiger partial charge in [-0.25, -0.2) is 9.37 Å². The van der Waals surface area contributed by atoms with Crippen LogP contribution in [-0.2, 0) is 0 Å². The molecule has 8 heteroatoms. The second-order valence-corrected chi connectivity index (χ2v) is 7.53.